The van der Waals surface area contributed by atoms with Crippen LogP contribution in [0.3, 0.4) is 0 Å². The molecule has 4 aromatic rings. The second-order valence-electron chi connectivity index (χ2n) is 9.44. The Morgan fingerprint density at radius 2 is 2.00 bits per heavy atom. The third-order valence-corrected chi connectivity index (χ3v) is 7.20. The number of aliphatic hydroxyl groups excluding tert-OH is 1. The third-order valence-electron chi connectivity index (χ3n) is 7.20. The Bertz CT molecular complexity index is 1320. The average Bonchev–Trinajstić information content (AvgIpc) is 3.51. The van der Waals surface area contributed by atoms with E-state index in [9.17, 15) is 5.11 Å². The van der Waals surface area contributed by atoms with Gasteiger partial charge in [0.2, 0.25) is 5.95 Å². The quantitative estimate of drug-likeness (QED) is 0.476. The number of imidazole rings is 2. The fraction of sp³-hybridized carbons (Fsp3) is 0.500. The maximum Gasteiger partial charge on any atom is 0.228 e. The molecule has 1 aromatic carbocycles. The number of halogens is 1. The topological polar surface area (TPSA) is 105 Å². The lowest BCUT2D eigenvalue weighted by molar-refractivity contribution is 0.000143. The van der Waals surface area contributed by atoms with E-state index >= 15 is 4.39 Å². The summed E-state index contributed by atoms with van der Waals surface area (Å²) in [7, 11) is 0. The highest BCUT2D eigenvalue weighted by atomic mass is 19.1. The standard InChI is InChI=1S/C24H28FN7O2/c1-14-2-3-17(11-34-14)32-13-28-19-9-16(8-18(25)22(19)32)20-21-23(27-12-26-21)30-24(29-20)31-6-4-15(10-33)5-7-31/h8-9,12-15,17,33H,2-7,10-11H2,1H3,(H,26,27,29,30). The van der Waals surface area contributed by atoms with Crippen molar-refractivity contribution in [3.63, 3.8) is 0 Å². The highest BCUT2D eigenvalue weighted by Gasteiger charge is 2.25. The van der Waals surface area contributed by atoms with Crippen LogP contribution >= 0.6 is 0 Å². The van der Waals surface area contributed by atoms with Crippen molar-refractivity contribution in [3.8, 4) is 11.3 Å². The molecule has 0 aliphatic carbocycles. The van der Waals surface area contributed by atoms with Crippen molar-refractivity contribution >= 4 is 28.1 Å². The molecule has 9 nitrogen and oxygen atoms in total. The molecular formula is C24H28FN7O2. The molecule has 0 radical (unpaired) electrons. The molecule has 2 fully saturated rings. The van der Waals surface area contributed by atoms with Crippen molar-refractivity contribution in [3.05, 3.63) is 30.6 Å². The van der Waals surface area contributed by atoms with E-state index in [-0.39, 0.29) is 24.6 Å². The molecule has 178 valence electrons. The fourth-order valence-corrected chi connectivity index (χ4v) is 5.11. The van der Waals surface area contributed by atoms with Crippen LogP contribution in [0, 0.1) is 11.7 Å². The van der Waals surface area contributed by atoms with Crippen LogP contribution < -0.4 is 4.90 Å². The maximum absolute atomic E-state index is 15.5. The molecule has 6 rings (SSSR count). The van der Waals surface area contributed by atoms with Crippen molar-refractivity contribution < 1.29 is 14.2 Å². The number of hydrogen-bond acceptors (Lipinski definition) is 7. The SMILES string of the molecule is CC1CCC(n2cnc3cc(-c4nc(N5CCC(CO)CC5)nc5nc[nH]c45)cc(F)c32)CO1. The lowest BCUT2D eigenvalue weighted by Gasteiger charge is -2.31. The van der Waals surface area contributed by atoms with Gasteiger partial charge in [-0.3, -0.25) is 0 Å². The Morgan fingerprint density at radius 3 is 2.76 bits per heavy atom. The number of ether oxygens (including phenoxy) is 1. The molecule has 0 amide bonds. The van der Waals surface area contributed by atoms with Gasteiger partial charge in [0.15, 0.2) is 5.65 Å². The zero-order valence-corrected chi connectivity index (χ0v) is 19.1. The number of hydrogen-bond donors (Lipinski definition) is 2. The Balaban J connectivity index is 1.39. The van der Waals surface area contributed by atoms with E-state index in [1.165, 1.54) is 6.07 Å². The van der Waals surface area contributed by atoms with Crippen molar-refractivity contribution in [1.82, 2.24) is 29.5 Å². The summed E-state index contributed by atoms with van der Waals surface area (Å²) >= 11 is 0. The first-order chi connectivity index (χ1) is 16.6. The molecule has 3 aromatic heterocycles. The first kappa shape index (κ1) is 21.4. The molecule has 2 unspecified atom stereocenters. The van der Waals surface area contributed by atoms with Crippen LogP contribution in [0.4, 0.5) is 10.3 Å². The van der Waals surface area contributed by atoms with Crippen LogP contribution in [0.25, 0.3) is 33.5 Å². The summed E-state index contributed by atoms with van der Waals surface area (Å²) in [5.74, 6) is 0.555. The van der Waals surface area contributed by atoms with Crippen LogP contribution in [0.15, 0.2) is 24.8 Å². The summed E-state index contributed by atoms with van der Waals surface area (Å²) < 4.78 is 23.2. The number of aromatic amines is 1. The van der Waals surface area contributed by atoms with E-state index in [1.807, 2.05) is 10.6 Å². The van der Waals surface area contributed by atoms with E-state index in [1.54, 1.807) is 12.7 Å². The van der Waals surface area contributed by atoms with Gasteiger partial charge in [0.1, 0.15) is 22.5 Å². The summed E-state index contributed by atoms with van der Waals surface area (Å²) in [6, 6.07) is 3.48. The summed E-state index contributed by atoms with van der Waals surface area (Å²) in [4.78, 5) is 23.6. The van der Waals surface area contributed by atoms with Gasteiger partial charge < -0.3 is 24.3 Å². The minimum atomic E-state index is -0.333. The molecule has 10 heteroatoms. The van der Waals surface area contributed by atoms with Gasteiger partial charge >= 0.3 is 0 Å². The number of rotatable bonds is 4. The maximum atomic E-state index is 15.5. The van der Waals surface area contributed by atoms with Gasteiger partial charge in [0.05, 0.1) is 36.9 Å². The predicted molar refractivity (Wildman–Crippen MR) is 126 cm³/mol. The van der Waals surface area contributed by atoms with E-state index < -0.39 is 0 Å². The monoisotopic (exact) mass is 465 g/mol. The number of fused-ring (bicyclic) bond motifs is 2. The highest BCUT2D eigenvalue weighted by Crippen LogP contribution is 2.33. The van der Waals surface area contributed by atoms with E-state index in [0.29, 0.717) is 51.9 Å². The third kappa shape index (κ3) is 3.70. The second kappa shape index (κ2) is 8.59. The number of piperidine rings is 1. The average molecular weight is 466 g/mol. The van der Waals surface area contributed by atoms with Crippen LogP contribution in [-0.2, 0) is 4.74 Å². The number of H-pyrrole nitrogens is 1. The molecule has 2 atom stereocenters. The van der Waals surface area contributed by atoms with Gasteiger partial charge in [-0.25, -0.2) is 19.3 Å². The number of anilines is 1. The Labute approximate surface area is 196 Å². The molecule has 2 aliphatic rings. The first-order valence-corrected chi connectivity index (χ1v) is 12.0. The summed E-state index contributed by atoms with van der Waals surface area (Å²) in [6.07, 6.45) is 7.18. The summed E-state index contributed by atoms with van der Waals surface area (Å²) in [5, 5.41) is 9.45. The van der Waals surface area contributed by atoms with Gasteiger partial charge in [0.25, 0.3) is 0 Å². The molecule has 2 aliphatic heterocycles. The van der Waals surface area contributed by atoms with Crippen molar-refractivity contribution in [2.45, 2.75) is 44.8 Å². The Morgan fingerprint density at radius 1 is 1.15 bits per heavy atom. The minimum absolute atomic E-state index is 0.0772. The van der Waals surface area contributed by atoms with Crippen LogP contribution in [0.5, 0.6) is 0 Å². The van der Waals surface area contributed by atoms with E-state index in [4.69, 9.17) is 9.72 Å². The van der Waals surface area contributed by atoms with Gasteiger partial charge in [-0.2, -0.15) is 4.98 Å². The second-order valence-corrected chi connectivity index (χ2v) is 9.44. The normalized spacial score (nSPS) is 22.1. The first-order valence-electron chi connectivity index (χ1n) is 12.0. The summed E-state index contributed by atoms with van der Waals surface area (Å²) in [5.41, 5.74) is 3.53. The zero-order chi connectivity index (χ0) is 23.2. The zero-order valence-electron chi connectivity index (χ0n) is 19.1. The molecule has 34 heavy (non-hydrogen) atoms. The number of aromatic nitrogens is 6. The summed E-state index contributed by atoms with van der Waals surface area (Å²) in [6.45, 7) is 4.36. The van der Waals surface area contributed by atoms with Crippen LogP contribution in [-0.4, -0.2) is 67.0 Å². The Hall–Kier alpha value is -3.11. The molecule has 0 saturated carbocycles. The van der Waals surface area contributed by atoms with Gasteiger partial charge in [-0.05, 0) is 50.7 Å². The number of nitrogens with one attached hydrogen (secondary N) is 1. The highest BCUT2D eigenvalue weighted by molar-refractivity contribution is 5.91. The van der Waals surface area contributed by atoms with Crippen molar-refractivity contribution in [2.24, 2.45) is 5.92 Å². The van der Waals surface area contributed by atoms with E-state index in [2.05, 4.69) is 31.8 Å². The predicted octanol–water partition coefficient (Wildman–Crippen LogP) is 3.46. The smallest absolute Gasteiger partial charge is 0.228 e. The molecule has 2 saturated heterocycles. The van der Waals surface area contributed by atoms with Crippen LogP contribution in [0.2, 0.25) is 0 Å². The molecule has 0 bridgehead atoms. The molecule has 5 heterocycles. The Kier molecular flexibility index (Phi) is 5.41. The van der Waals surface area contributed by atoms with Crippen molar-refractivity contribution in [2.75, 3.05) is 31.2 Å². The molecule has 2 N–H and O–H groups in total. The lowest BCUT2D eigenvalue weighted by Crippen LogP contribution is -2.35. The lowest BCUT2D eigenvalue weighted by atomic mass is 9.98. The molecule has 0 spiro atoms. The van der Waals surface area contributed by atoms with E-state index in [0.717, 1.165) is 38.8 Å². The van der Waals surface area contributed by atoms with Crippen LogP contribution in [0.1, 0.15) is 38.6 Å². The fourth-order valence-electron chi connectivity index (χ4n) is 5.11. The van der Waals surface area contributed by atoms with Gasteiger partial charge in [-0.15, -0.1) is 0 Å². The van der Waals surface area contributed by atoms with Gasteiger partial charge in [0, 0.05) is 25.3 Å². The number of aliphatic hydroxyl groups is 1. The molecular weight excluding hydrogens is 437 g/mol. The van der Waals surface area contributed by atoms with Gasteiger partial charge in [-0.1, -0.05) is 0 Å². The van der Waals surface area contributed by atoms with Crippen molar-refractivity contribution in [1.29, 1.82) is 0 Å². The minimum Gasteiger partial charge on any atom is -0.396 e. The number of benzene rings is 1. The number of nitrogens with zero attached hydrogens (tertiary/aromatic N) is 6. The largest absolute Gasteiger partial charge is 0.396 e.